The van der Waals surface area contributed by atoms with Crippen molar-refractivity contribution in [3.63, 3.8) is 0 Å². The van der Waals surface area contributed by atoms with Crippen molar-refractivity contribution in [1.82, 2.24) is 4.90 Å². The fraction of sp³-hybridized carbons (Fsp3) is 0.538. The number of piperazine rings is 1. The number of nitrogens with zero attached hydrogens (tertiary/aromatic N) is 2. The Bertz CT molecular complexity index is 397. The van der Waals surface area contributed by atoms with Crippen LogP contribution in [0.2, 0.25) is 5.02 Å². The van der Waals surface area contributed by atoms with E-state index in [1.165, 1.54) is 0 Å². The summed E-state index contributed by atoms with van der Waals surface area (Å²) >= 11 is 6.26. The van der Waals surface area contributed by atoms with Gasteiger partial charge in [-0.05, 0) is 20.0 Å². The Balaban J connectivity index is 2.28. The molecule has 1 aliphatic rings. The lowest BCUT2D eigenvalue weighted by molar-refractivity contribution is 0.233. The fourth-order valence-electron chi connectivity index (χ4n) is 2.29. The van der Waals surface area contributed by atoms with Gasteiger partial charge in [0, 0.05) is 31.2 Å². The van der Waals surface area contributed by atoms with E-state index in [1.807, 2.05) is 18.2 Å². The van der Waals surface area contributed by atoms with Crippen molar-refractivity contribution in [3.05, 3.63) is 28.8 Å². The lowest BCUT2D eigenvalue weighted by Crippen LogP contribution is -2.50. The van der Waals surface area contributed by atoms with Crippen molar-refractivity contribution < 1.29 is 5.11 Å². The molecule has 2 rings (SSSR count). The topological polar surface area (TPSA) is 26.7 Å². The maximum absolute atomic E-state index is 9.40. The summed E-state index contributed by atoms with van der Waals surface area (Å²) in [6.45, 7) is 5.18. The van der Waals surface area contributed by atoms with Crippen molar-refractivity contribution in [2.24, 2.45) is 0 Å². The van der Waals surface area contributed by atoms with Crippen LogP contribution in [0, 0.1) is 0 Å². The molecule has 1 heterocycles. The van der Waals surface area contributed by atoms with Gasteiger partial charge in [0.25, 0.3) is 0 Å². The largest absolute Gasteiger partial charge is 0.392 e. The molecular formula is C13H19ClN2O. The van der Waals surface area contributed by atoms with E-state index >= 15 is 0 Å². The summed E-state index contributed by atoms with van der Waals surface area (Å²) in [5, 5.41) is 10.1. The molecule has 4 heteroatoms. The zero-order valence-corrected chi connectivity index (χ0v) is 11.1. The van der Waals surface area contributed by atoms with Gasteiger partial charge in [0.15, 0.2) is 0 Å². The second kappa shape index (κ2) is 5.25. The molecule has 1 aromatic carbocycles. The van der Waals surface area contributed by atoms with Crippen molar-refractivity contribution >= 4 is 17.3 Å². The Morgan fingerprint density at radius 2 is 2.18 bits per heavy atom. The summed E-state index contributed by atoms with van der Waals surface area (Å²) in [6, 6.07) is 6.21. The van der Waals surface area contributed by atoms with E-state index in [1.54, 1.807) is 0 Å². The summed E-state index contributed by atoms with van der Waals surface area (Å²) in [6.07, 6.45) is 0. The van der Waals surface area contributed by atoms with Gasteiger partial charge in [-0.15, -0.1) is 0 Å². The number of anilines is 1. The van der Waals surface area contributed by atoms with Gasteiger partial charge in [-0.3, -0.25) is 0 Å². The van der Waals surface area contributed by atoms with Gasteiger partial charge >= 0.3 is 0 Å². The number of halogens is 1. The molecule has 0 spiro atoms. The van der Waals surface area contributed by atoms with Crippen molar-refractivity contribution in [2.75, 3.05) is 31.6 Å². The van der Waals surface area contributed by atoms with E-state index in [2.05, 4.69) is 23.8 Å². The molecule has 1 atom stereocenters. The number of aliphatic hydroxyl groups excluding tert-OH is 1. The second-order valence-electron chi connectivity index (χ2n) is 4.68. The van der Waals surface area contributed by atoms with Crippen molar-refractivity contribution in [3.8, 4) is 0 Å². The van der Waals surface area contributed by atoms with E-state index in [0.29, 0.717) is 6.04 Å². The maximum atomic E-state index is 9.40. The summed E-state index contributed by atoms with van der Waals surface area (Å²) in [4.78, 5) is 4.62. The lowest BCUT2D eigenvalue weighted by Gasteiger charge is -2.40. The average Bonchev–Trinajstić information content (AvgIpc) is 2.32. The maximum Gasteiger partial charge on any atom is 0.0702 e. The summed E-state index contributed by atoms with van der Waals surface area (Å²) < 4.78 is 0. The van der Waals surface area contributed by atoms with E-state index in [4.69, 9.17) is 11.6 Å². The third-order valence-electron chi connectivity index (χ3n) is 3.52. The minimum atomic E-state index is 0.0383. The molecule has 3 nitrogen and oxygen atoms in total. The molecule has 0 saturated carbocycles. The smallest absolute Gasteiger partial charge is 0.0702 e. The molecule has 0 amide bonds. The highest BCUT2D eigenvalue weighted by atomic mass is 35.5. The second-order valence-corrected chi connectivity index (χ2v) is 5.09. The first kappa shape index (κ1) is 12.7. The average molecular weight is 255 g/mol. The number of aliphatic hydroxyl groups is 1. The summed E-state index contributed by atoms with van der Waals surface area (Å²) in [5.74, 6) is 0. The van der Waals surface area contributed by atoms with Gasteiger partial charge in [0.2, 0.25) is 0 Å². The van der Waals surface area contributed by atoms with E-state index in [-0.39, 0.29) is 6.61 Å². The minimum absolute atomic E-state index is 0.0383. The molecule has 1 aromatic rings. The third-order valence-corrected chi connectivity index (χ3v) is 3.82. The van der Waals surface area contributed by atoms with Gasteiger partial charge in [-0.2, -0.15) is 0 Å². The molecule has 1 unspecified atom stereocenters. The van der Waals surface area contributed by atoms with Crippen LogP contribution in [0.4, 0.5) is 5.69 Å². The van der Waals surface area contributed by atoms with E-state index < -0.39 is 0 Å². The Labute approximate surface area is 108 Å². The van der Waals surface area contributed by atoms with Gasteiger partial charge in [0.05, 0.1) is 17.3 Å². The van der Waals surface area contributed by atoms with Crippen LogP contribution in [0.5, 0.6) is 0 Å². The van der Waals surface area contributed by atoms with Gasteiger partial charge in [0.1, 0.15) is 0 Å². The van der Waals surface area contributed by atoms with Crippen LogP contribution in [0.1, 0.15) is 12.5 Å². The Morgan fingerprint density at radius 3 is 2.82 bits per heavy atom. The Kier molecular flexibility index (Phi) is 3.92. The molecule has 1 fully saturated rings. The zero-order chi connectivity index (χ0) is 12.4. The first-order valence-electron chi connectivity index (χ1n) is 5.97. The molecule has 94 valence electrons. The summed E-state index contributed by atoms with van der Waals surface area (Å²) in [5.41, 5.74) is 1.91. The molecule has 0 bridgehead atoms. The van der Waals surface area contributed by atoms with Crippen LogP contribution in [0.25, 0.3) is 0 Å². The van der Waals surface area contributed by atoms with Crippen LogP contribution in [-0.4, -0.2) is 42.7 Å². The number of para-hydroxylation sites is 1. The fourth-order valence-corrected chi connectivity index (χ4v) is 2.61. The summed E-state index contributed by atoms with van der Waals surface area (Å²) in [7, 11) is 2.14. The highest BCUT2D eigenvalue weighted by molar-refractivity contribution is 6.33. The van der Waals surface area contributed by atoms with E-state index in [9.17, 15) is 5.11 Å². The van der Waals surface area contributed by atoms with Crippen molar-refractivity contribution in [1.29, 1.82) is 0 Å². The van der Waals surface area contributed by atoms with Crippen LogP contribution < -0.4 is 4.90 Å². The molecular weight excluding hydrogens is 236 g/mol. The standard InChI is InChI=1S/C13H19ClN2O/c1-10-8-16(7-6-15(10)2)13-11(9-17)4-3-5-12(13)14/h3-5,10,17H,6-9H2,1-2H3. The van der Waals surface area contributed by atoms with E-state index in [0.717, 1.165) is 35.9 Å². The molecule has 17 heavy (non-hydrogen) atoms. The van der Waals surface area contributed by atoms with Gasteiger partial charge in [-0.25, -0.2) is 0 Å². The number of benzene rings is 1. The first-order valence-corrected chi connectivity index (χ1v) is 6.34. The quantitative estimate of drug-likeness (QED) is 0.874. The van der Waals surface area contributed by atoms with Crippen LogP contribution >= 0.6 is 11.6 Å². The predicted octanol–water partition coefficient (Wildman–Crippen LogP) is 1.97. The predicted molar refractivity (Wildman–Crippen MR) is 71.7 cm³/mol. The number of hydrogen-bond donors (Lipinski definition) is 1. The van der Waals surface area contributed by atoms with Gasteiger partial charge < -0.3 is 14.9 Å². The highest BCUT2D eigenvalue weighted by Gasteiger charge is 2.23. The minimum Gasteiger partial charge on any atom is -0.392 e. The number of hydrogen-bond acceptors (Lipinski definition) is 3. The molecule has 0 aromatic heterocycles. The monoisotopic (exact) mass is 254 g/mol. The molecule has 1 saturated heterocycles. The SMILES string of the molecule is CC1CN(c2c(Cl)cccc2CO)CCN1C. The molecule has 1 N–H and O–H groups in total. The third kappa shape index (κ3) is 2.57. The number of rotatable bonds is 2. The van der Waals surface area contributed by atoms with Gasteiger partial charge in [-0.1, -0.05) is 23.7 Å². The first-order chi connectivity index (χ1) is 8.13. The Hall–Kier alpha value is -0.770. The lowest BCUT2D eigenvalue weighted by atomic mass is 10.1. The number of likely N-dealkylation sites (N-methyl/N-ethyl adjacent to an activating group) is 1. The highest BCUT2D eigenvalue weighted by Crippen LogP contribution is 2.31. The van der Waals surface area contributed by atoms with Crippen molar-refractivity contribution in [2.45, 2.75) is 19.6 Å². The molecule has 0 aliphatic carbocycles. The van der Waals surface area contributed by atoms with Crippen LogP contribution in [-0.2, 0) is 6.61 Å². The molecule has 1 aliphatic heterocycles. The normalized spacial score (nSPS) is 21.9. The Morgan fingerprint density at radius 1 is 1.41 bits per heavy atom. The van der Waals surface area contributed by atoms with Crippen LogP contribution in [0.3, 0.4) is 0 Å². The van der Waals surface area contributed by atoms with Crippen LogP contribution in [0.15, 0.2) is 18.2 Å². The zero-order valence-electron chi connectivity index (χ0n) is 10.4. The molecule has 0 radical (unpaired) electrons.